The number of carbonyl (C=O) groups excluding carboxylic acids is 1. The van der Waals surface area contributed by atoms with Crippen LogP contribution in [0.5, 0.6) is 0 Å². The third-order valence-electron chi connectivity index (χ3n) is 3.34. The van der Waals surface area contributed by atoms with Crippen LogP contribution in [0.2, 0.25) is 0 Å². The summed E-state index contributed by atoms with van der Waals surface area (Å²) >= 11 is 0. The fourth-order valence-corrected chi connectivity index (χ4v) is 2.20. The van der Waals surface area contributed by atoms with Crippen LogP contribution >= 0.6 is 0 Å². The molecular formula is C17H21N3O. The molecule has 1 aromatic carbocycles. The highest BCUT2D eigenvalue weighted by molar-refractivity contribution is 5.99. The maximum absolute atomic E-state index is 12.5. The summed E-state index contributed by atoms with van der Waals surface area (Å²) in [5, 5.41) is 6.26. The third kappa shape index (κ3) is 3.81. The van der Waals surface area contributed by atoms with E-state index in [-0.39, 0.29) is 11.9 Å². The van der Waals surface area contributed by atoms with Gasteiger partial charge in [-0.15, -0.1) is 0 Å². The zero-order valence-electron chi connectivity index (χ0n) is 12.7. The molecule has 1 aromatic heterocycles. The molecule has 0 aliphatic rings. The number of pyridine rings is 1. The van der Waals surface area contributed by atoms with Crippen molar-refractivity contribution in [2.24, 2.45) is 0 Å². The van der Waals surface area contributed by atoms with Gasteiger partial charge in [0.25, 0.3) is 5.91 Å². The second-order valence-corrected chi connectivity index (χ2v) is 5.06. The number of amides is 1. The number of aromatic nitrogens is 1. The van der Waals surface area contributed by atoms with Crippen LogP contribution in [0.15, 0.2) is 42.7 Å². The van der Waals surface area contributed by atoms with E-state index in [1.165, 1.54) is 0 Å². The summed E-state index contributed by atoms with van der Waals surface area (Å²) < 4.78 is 0. The zero-order chi connectivity index (χ0) is 15.2. The molecular weight excluding hydrogens is 262 g/mol. The molecule has 4 nitrogen and oxygen atoms in total. The molecule has 0 spiro atoms. The van der Waals surface area contributed by atoms with Crippen LogP contribution in [0.3, 0.4) is 0 Å². The Labute approximate surface area is 125 Å². The van der Waals surface area contributed by atoms with Gasteiger partial charge in [-0.25, -0.2) is 0 Å². The molecule has 0 aliphatic heterocycles. The molecule has 0 saturated carbocycles. The lowest BCUT2D eigenvalue weighted by Gasteiger charge is -2.16. The fraction of sp³-hybridized carbons (Fsp3) is 0.294. The molecule has 21 heavy (non-hydrogen) atoms. The normalized spacial score (nSPS) is 11.8. The van der Waals surface area contributed by atoms with E-state index in [1.807, 2.05) is 51.1 Å². The minimum absolute atomic E-state index is 0.0590. The predicted molar refractivity (Wildman–Crippen MR) is 85.5 cm³/mol. The number of hydrogen-bond acceptors (Lipinski definition) is 3. The van der Waals surface area contributed by atoms with Crippen molar-refractivity contribution in [1.29, 1.82) is 0 Å². The first-order valence-electron chi connectivity index (χ1n) is 7.17. The number of rotatable bonds is 5. The smallest absolute Gasteiger partial charge is 0.253 e. The average molecular weight is 283 g/mol. The first-order valence-corrected chi connectivity index (χ1v) is 7.17. The lowest BCUT2D eigenvalue weighted by molar-refractivity contribution is 0.0940. The number of carbonyl (C=O) groups is 1. The highest BCUT2D eigenvalue weighted by atomic mass is 16.1. The van der Waals surface area contributed by atoms with E-state index in [9.17, 15) is 4.79 Å². The lowest BCUT2D eigenvalue weighted by Crippen LogP contribution is -2.27. The van der Waals surface area contributed by atoms with Crippen molar-refractivity contribution in [3.8, 4) is 0 Å². The Balaban J connectivity index is 2.17. The molecule has 1 atom stereocenters. The van der Waals surface area contributed by atoms with Crippen molar-refractivity contribution in [2.45, 2.75) is 26.8 Å². The van der Waals surface area contributed by atoms with Crippen LogP contribution < -0.4 is 10.6 Å². The summed E-state index contributed by atoms with van der Waals surface area (Å²) in [5.74, 6) is -0.0738. The molecule has 2 aromatic rings. The number of anilines is 1. The molecule has 4 heteroatoms. The summed E-state index contributed by atoms with van der Waals surface area (Å²) in [6.07, 6.45) is 3.46. The van der Waals surface area contributed by atoms with E-state index in [0.717, 1.165) is 23.4 Å². The topological polar surface area (TPSA) is 54.0 Å². The minimum atomic E-state index is -0.0738. The Hall–Kier alpha value is -2.36. The van der Waals surface area contributed by atoms with E-state index < -0.39 is 0 Å². The van der Waals surface area contributed by atoms with Crippen molar-refractivity contribution >= 4 is 11.6 Å². The van der Waals surface area contributed by atoms with Crippen molar-refractivity contribution in [2.75, 3.05) is 11.9 Å². The number of nitrogens with zero attached hydrogens (tertiary/aromatic N) is 1. The first-order chi connectivity index (χ1) is 10.1. The largest absolute Gasteiger partial charge is 0.385 e. The molecule has 110 valence electrons. The summed E-state index contributed by atoms with van der Waals surface area (Å²) in [6.45, 7) is 6.78. The number of aryl methyl sites for hydroxylation is 1. The van der Waals surface area contributed by atoms with Gasteiger partial charge in [0, 0.05) is 24.6 Å². The average Bonchev–Trinajstić information content (AvgIpc) is 2.48. The van der Waals surface area contributed by atoms with Gasteiger partial charge in [0.2, 0.25) is 0 Å². The molecule has 0 saturated heterocycles. The van der Waals surface area contributed by atoms with Crippen LogP contribution in [-0.2, 0) is 0 Å². The molecule has 1 unspecified atom stereocenters. The second kappa shape index (κ2) is 6.88. The van der Waals surface area contributed by atoms with Gasteiger partial charge in [-0.3, -0.25) is 9.78 Å². The quantitative estimate of drug-likeness (QED) is 0.885. The molecule has 1 amide bonds. The lowest BCUT2D eigenvalue weighted by atomic mass is 10.1. The second-order valence-electron chi connectivity index (χ2n) is 5.06. The van der Waals surface area contributed by atoms with Crippen molar-refractivity contribution in [3.63, 3.8) is 0 Å². The Kier molecular flexibility index (Phi) is 4.93. The predicted octanol–water partition coefficient (Wildman–Crippen LogP) is 3.31. The number of nitrogens with one attached hydrogen (secondary N) is 2. The fourth-order valence-electron chi connectivity index (χ4n) is 2.20. The highest BCUT2D eigenvalue weighted by Crippen LogP contribution is 2.19. The van der Waals surface area contributed by atoms with Crippen LogP contribution in [0.1, 0.15) is 41.4 Å². The molecule has 0 radical (unpaired) electrons. The molecule has 2 rings (SSSR count). The maximum atomic E-state index is 12.5. The summed E-state index contributed by atoms with van der Waals surface area (Å²) in [5.41, 5.74) is 3.71. The molecule has 0 bridgehead atoms. The van der Waals surface area contributed by atoms with Crippen LogP contribution in [0, 0.1) is 6.92 Å². The van der Waals surface area contributed by atoms with Crippen LogP contribution in [0.4, 0.5) is 5.69 Å². The standard InChI is InChI=1S/C17H21N3O/c1-4-19-16-11-12(2)5-6-15(16)17(21)20-13(3)14-7-9-18-10-8-14/h5-11,13,19H,4H2,1-3H3,(H,20,21). The zero-order valence-corrected chi connectivity index (χ0v) is 12.7. The Morgan fingerprint density at radius 2 is 1.95 bits per heavy atom. The van der Waals surface area contributed by atoms with Crippen molar-refractivity contribution in [3.05, 3.63) is 59.4 Å². The SMILES string of the molecule is CCNc1cc(C)ccc1C(=O)NC(C)c1ccncc1. The van der Waals surface area contributed by atoms with E-state index >= 15 is 0 Å². The van der Waals surface area contributed by atoms with Gasteiger partial charge in [0.15, 0.2) is 0 Å². The number of benzene rings is 1. The molecule has 2 N–H and O–H groups in total. The molecule has 0 aliphatic carbocycles. The minimum Gasteiger partial charge on any atom is -0.385 e. The molecule has 1 heterocycles. The monoisotopic (exact) mass is 283 g/mol. The van der Waals surface area contributed by atoms with Gasteiger partial charge >= 0.3 is 0 Å². The summed E-state index contributed by atoms with van der Waals surface area (Å²) in [4.78, 5) is 16.5. The van der Waals surface area contributed by atoms with Crippen molar-refractivity contribution in [1.82, 2.24) is 10.3 Å². The Morgan fingerprint density at radius 1 is 1.24 bits per heavy atom. The molecule has 0 fully saturated rings. The van der Waals surface area contributed by atoms with E-state index in [4.69, 9.17) is 0 Å². The van der Waals surface area contributed by atoms with Gasteiger partial charge in [-0.1, -0.05) is 6.07 Å². The van der Waals surface area contributed by atoms with Crippen molar-refractivity contribution < 1.29 is 4.79 Å². The van der Waals surface area contributed by atoms with Crippen LogP contribution in [-0.4, -0.2) is 17.4 Å². The first kappa shape index (κ1) is 15.0. The Bertz CT molecular complexity index is 611. The van der Waals surface area contributed by atoms with Gasteiger partial charge in [-0.2, -0.15) is 0 Å². The van der Waals surface area contributed by atoms with Gasteiger partial charge in [-0.05, 0) is 56.2 Å². The summed E-state index contributed by atoms with van der Waals surface area (Å²) in [7, 11) is 0. The number of hydrogen-bond donors (Lipinski definition) is 2. The summed E-state index contributed by atoms with van der Waals surface area (Å²) in [6, 6.07) is 9.57. The maximum Gasteiger partial charge on any atom is 0.253 e. The van der Waals surface area contributed by atoms with Gasteiger partial charge in [0.05, 0.1) is 11.6 Å². The van der Waals surface area contributed by atoms with Gasteiger partial charge in [0.1, 0.15) is 0 Å². The van der Waals surface area contributed by atoms with Crippen LogP contribution in [0.25, 0.3) is 0 Å². The Morgan fingerprint density at radius 3 is 2.62 bits per heavy atom. The highest BCUT2D eigenvalue weighted by Gasteiger charge is 2.14. The van der Waals surface area contributed by atoms with E-state index in [1.54, 1.807) is 12.4 Å². The van der Waals surface area contributed by atoms with E-state index in [2.05, 4.69) is 15.6 Å². The van der Waals surface area contributed by atoms with Gasteiger partial charge < -0.3 is 10.6 Å². The van der Waals surface area contributed by atoms with E-state index in [0.29, 0.717) is 5.56 Å². The third-order valence-corrected chi connectivity index (χ3v) is 3.34.